The SMILES string of the molecule is COc1nc(Nc2cnc3ccccc3c2)ncc1Br. The molecule has 100 valence electrons. The molecule has 0 saturated heterocycles. The van der Waals surface area contributed by atoms with Crippen LogP contribution in [-0.4, -0.2) is 22.1 Å². The zero-order valence-electron chi connectivity index (χ0n) is 10.7. The van der Waals surface area contributed by atoms with Crippen LogP contribution in [0, 0.1) is 0 Å². The van der Waals surface area contributed by atoms with E-state index in [0.29, 0.717) is 16.3 Å². The number of ether oxygens (including phenoxy) is 1. The number of methoxy groups -OCH3 is 1. The predicted molar refractivity (Wildman–Crippen MR) is 81.3 cm³/mol. The van der Waals surface area contributed by atoms with Crippen molar-refractivity contribution in [2.24, 2.45) is 0 Å². The summed E-state index contributed by atoms with van der Waals surface area (Å²) in [6.45, 7) is 0. The third-order valence-electron chi connectivity index (χ3n) is 2.75. The van der Waals surface area contributed by atoms with Crippen molar-refractivity contribution in [3.8, 4) is 5.88 Å². The molecule has 20 heavy (non-hydrogen) atoms. The lowest BCUT2D eigenvalue weighted by Crippen LogP contribution is -1.99. The Balaban J connectivity index is 1.92. The maximum Gasteiger partial charge on any atom is 0.232 e. The first kappa shape index (κ1) is 12.8. The van der Waals surface area contributed by atoms with E-state index in [-0.39, 0.29) is 0 Å². The van der Waals surface area contributed by atoms with Crippen LogP contribution in [0.15, 0.2) is 47.2 Å². The number of hydrogen-bond donors (Lipinski definition) is 1. The first-order valence-corrected chi connectivity index (χ1v) is 6.74. The summed E-state index contributed by atoms with van der Waals surface area (Å²) in [4.78, 5) is 12.8. The molecule has 0 amide bonds. The fourth-order valence-electron chi connectivity index (χ4n) is 1.82. The molecule has 2 heterocycles. The van der Waals surface area contributed by atoms with E-state index in [1.165, 1.54) is 0 Å². The van der Waals surface area contributed by atoms with Gasteiger partial charge < -0.3 is 10.1 Å². The minimum Gasteiger partial charge on any atom is -0.480 e. The van der Waals surface area contributed by atoms with Gasteiger partial charge in [-0.1, -0.05) is 18.2 Å². The van der Waals surface area contributed by atoms with E-state index in [9.17, 15) is 0 Å². The van der Waals surface area contributed by atoms with E-state index < -0.39 is 0 Å². The third-order valence-corrected chi connectivity index (χ3v) is 3.30. The molecule has 2 aromatic heterocycles. The first-order chi connectivity index (χ1) is 9.76. The first-order valence-electron chi connectivity index (χ1n) is 5.94. The number of aromatic nitrogens is 3. The number of halogens is 1. The summed E-state index contributed by atoms with van der Waals surface area (Å²) < 4.78 is 5.85. The highest BCUT2D eigenvalue weighted by Gasteiger charge is 2.06. The standard InChI is InChI=1S/C14H11BrN4O/c1-20-13-11(15)8-17-14(19-13)18-10-6-9-4-2-3-5-12(9)16-7-10/h2-8H,1H3,(H,17,18,19). The number of pyridine rings is 1. The molecular weight excluding hydrogens is 320 g/mol. The Morgan fingerprint density at radius 2 is 2.00 bits per heavy atom. The van der Waals surface area contributed by atoms with Crippen LogP contribution in [0.5, 0.6) is 5.88 Å². The molecule has 1 N–H and O–H groups in total. The summed E-state index contributed by atoms with van der Waals surface area (Å²) in [5.74, 6) is 0.943. The summed E-state index contributed by atoms with van der Waals surface area (Å²) in [7, 11) is 1.56. The number of nitrogens with one attached hydrogen (secondary N) is 1. The molecule has 0 radical (unpaired) electrons. The molecule has 0 saturated carbocycles. The van der Waals surface area contributed by atoms with E-state index in [0.717, 1.165) is 16.6 Å². The summed E-state index contributed by atoms with van der Waals surface area (Å²) in [5.41, 5.74) is 1.78. The molecule has 0 aliphatic rings. The molecule has 3 aromatic rings. The van der Waals surface area contributed by atoms with Crippen LogP contribution in [0.2, 0.25) is 0 Å². The summed E-state index contributed by atoms with van der Waals surface area (Å²) in [5, 5.41) is 4.17. The lowest BCUT2D eigenvalue weighted by molar-refractivity contribution is 0.394. The van der Waals surface area contributed by atoms with E-state index >= 15 is 0 Å². The van der Waals surface area contributed by atoms with Gasteiger partial charge in [-0.3, -0.25) is 4.98 Å². The topological polar surface area (TPSA) is 59.9 Å². The van der Waals surface area contributed by atoms with Gasteiger partial charge in [-0.15, -0.1) is 0 Å². The number of nitrogens with zero attached hydrogens (tertiary/aromatic N) is 3. The Morgan fingerprint density at radius 3 is 2.85 bits per heavy atom. The molecule has 0 fully saturated rings. The molecule has 0 bridgehead atoms. The van der Waals surface area contributed by atoms with E-state index in [2.05, 4.69) is 36.2 Å². The maximum absolute atomic E-state index is 5.14. The highest BCUT2D eigenvalue weighted by atomic mass is 79.9. The minimum atomic E-state index is 0.460. The van der Waals surface area contributed by atoms with E-state index in [1.54, 1.807) is 19.5 Å². The van der Waals surface area contributed by atoms with Crippen LogP contribution in [-0.2, 0) is 0 Å². The fraction of sp³-hybridized carbons (Fsp3) is 0.0714. The highest BCUT2D eigenvalue weighted by molar-refractivity contribution is 9.10. The van der Waals surface area contributed by atoms with Crippen molar-refractivity contribution in [3.05, 3.63) is 47.2 Å². The van der Waals surface area contributed by atoms with Crippen molar-refractivity contribution in [1.82, 2.24) is 15.0 Å². The lowest BCUT2D eigenvalue weighted by Gasteiger charge is -2.07. The van der Waals surface area contributed by atoms with Gasteiger partial charge in [-0.05, 0) is 28.1 Å². The normalized spacial score (nSPS) is 10.5. The highest BCUT2D eigenvalue weighted by Crippen LogP contribution is 2.24. The number of fused-ring (bicyclic) bond motifs is 1. The Bertz CT molecular complexity index is 763. The Labute approximate surface area is 124 Å². The van der Waals surface area contributed by atoms with E-state index in [1.807, 2.05) is 30.3 Å². The van der Waals surface area contributed by atoms with Crippen LogP contribution >= 0.6 is 15.9 Å². The monoisotopic (exact) mass is 330 g/mol. The minimum absolute atomic E-state index is 0.460. The van der Waals surface area contributed by atoms with Gasteiger partial charge >= 0.3 is 0 Å². The van der Waals surface area contributed by atoms with Crippen LogP contribution < -0.4 is 10.1 Å². The van der Waals surface area contributed by atoms with Gasteiger partial charge in [0.2, 0.25) is 11.8 Å². The second-order valence-corrected chi connectivity index (χ2v) is 4.95. The van der Waals surface area contributed by atoms with Crippen LogP contribution in [0.4, 0.5) is 11.6 Å². The predicted octanol–water partition coefficient (Wildman–Crippen LogP) is 3.54. The van der Waals surface area contributed by atoms with Crippen LogP contribution in [0.1, 0.15) is 0 Å². The van der Waals surface area contributed by atoms with Crippen LogP contribution in [0.3, 0.4) is 0 Å². The summed E-state index contributed by atoms with van der Waals surface area (Å²) in [6.07, 6.45) is 3.39. The van der Waals surface area contributed by atoms with Gasteiger partial charge in [0, 0.05) is 5.39 Å². The summed E-state index contributed by atoms with van der Waals surface area (Å²) in [6, 6.07) is 9.92. The zero-order chi connectivity index (χ0) is 13.9. The van der Waals surface area contributed by atoms with Gasteiger partial charge in [-0.2, -0.15) is 4.98 Å². The van der Waals surface area contributed by atoms with Crippen molar-refractivity contribution in [2.45, 2.75) is 0 Å². The molecule has 0 spiro atoms. The average Bonchev–Trinajstić information content (AvgIpc) is 2.49. The fourth-order valence-corrected chi connectivity index (χ4v) is 2.18. The van der Waals surface area contributed by atoms with Crippen molar-refractivity contribution in [2.75, 3.05) is 12.4 Å². The molecule has 0 aliphatic heterocycles. The van der Waals surface area contributed by atoms with Crippen LogP contribution in [0.25, 0.3) is 10.9 Å². The number of benzene rings is 1. The van der Waals surface area contributed by atoms with Gasteiger partial charge in [0.25, 0.3) is 0 Å². The summed E-state index contributed by atoms with van der Waals surface area (Å²) >= 11 is 3.32. The van der Waals surface area contributed by atoms with Crippen molar-refractivity contribution < 1.29 is 4.74 Å². The van der Waals surface area contributed by atoms with E-state index in [4.69, 9.17) is 4.74 Å². The van der Waals surface area contributed by atoms with Gasteiger partial charge in [0.1, 0.15) is 0 Å². The molecule has 6 heteroatoms. The van der Waals surface area contributed by atoms with Gasteiger partial charge in [0.15, 0.2) is 0 Å². The Morgan fingerprint density at radius 1 is 1.15 bits per heavy atom. The number of para-hydroxylation sites is 1. The van der Waals surface area contributed by atoms with Gasteiger partial charge in [0.05, 0.1) is 35.2 Å². The molecule has 1 aromatic carbocycles. The number of rotatable bonds is 3. The molecule has 3 rings (SSSR count). The number of hydrogen-bond acceptors (Lipinski definition) is 5. The number of anilines is 2. The molecule has 0 atom stereocenters. The smallest absolute Gasteiger partial charge is 0.232 e. The van der Waals surface area contributed by atoms with Gasteiger partial charge in [-0.25, -0.2) is 4.98 Å². The van der Waals surface area contributed by atoms with Crippen molar-refractivity contribution in [1.29, 1.82) is 0 Å². The third kappa shape index (κ3) is 2.55. The molecule has 5 nitrogen and oxygen atoms in total. The second kappa shape index (κ2) is 5.42. The van der Waals surface area contributed by atoms with Crippen molar-refractivity contribution in [3.63, 3.8) is 0 Å². The molecular formula is C14H11BrN4O. The average molecular weight is 331 g/mol. The Kier molecular flexibility index (Phi) is 3.47. The van der Waals surface area contributed by atoms with Crippen molar-refractivity contribution >= 4 is 38.5 Å². The second-order valence-electron chi connectivity index (χ2n) is 4.09. The Hall–Kier alpha value is -2.21. The zero-order valence-corrected chi connectivity index (χ0v) is 12.3. The quantitative estimate of drug-likeness (QED) is 0.795. The lowest BCUT2D eigenvalue weighted by atomic mass is 10.2. The maximum atomic E-state index is 5.14. The largest absolute Gasteiger partial charge is 0.480 e. The molecule has 0 unspecified atom stereocenters. The molecule has 0 aliphatic carbocycles.